The zero-order chi connectivity index (χ0) is 19.8. The van der Waals surface area contributed by atoms with E-state index in [1.165, 1.54) is 0 Å². The highest BCUT2D eigenvalue weighted by Gasteiger charge is 2.23. The molecule has 3 aromatic carbocycles. The number of benzene rings is 3. The van der Waals surface area contributed by atoms with E-state index in [-0.39, 0.29) is 12.5 Å². The molecule has 0 heterocycles. The van der Waals surface area contributed by atoms with E-state index in [9.17, 15) is 9.59 Å². The molecule has 0 aliphatic heterocycles. The highest BCUT2D eigenvalue weighted by Crippen LogP contribution is 2.09. The van der Waals surface area contributed by atoms with Gasteiger partial charge in [-0.15, -0.1) is 0 Å². The second-order valence-corrected chi connectivity index (χ2v) is 6.68. The van der Waals surface area contributed by atoms with Gasteiger partial charge in [0.05, 0.1) is 0 Å². The predicted octanol–water partition coefficient (Wildman–Crippen LogP) is 4.08. The lowest BCUT2D eigenvalue weighted by Gasteiger charge is -2.18. The van der Waals surface area contributed by atoms with Crippen LogP contribution in [0, 0.1) is 6.92 Å². The molecule has 4 heteroatoms. The van der Waals surface area contributed by atoms with Crippen LogP contribution in [0.25, 0.3) is 0 Å². The summed E-state index contributed by atoms with van der Waals surface area (Å²) < 4.78 is 5.49. The average Bonchev–Trinajstić information content (AvgIpc) is 2.74. The lowest BCUT2D eigenvalue weighted by Crippen LogP contribution is -2.43. The largest absolute Gasteiger partial charge is 0.459 e. The van der Waals surface area contributed by atoms with Gasteiger partial charge in [0.15, 0.2) is 0 Å². The van der Waals surface area contributed by atoms with Gasteiger partial charge in [-0.2, -0.15) is 0 Å². The molecule has 0 bridgehead atoms. The normalized spacial score (nSPS) is 11.5. The SMILES string of the molecule is Cc1ccc(COC(=O)[C@@H](Cc2ccccc2)NC(=O)c2ccccc2)cc1. The summed E-state index contributed by atoms with van der Waals surface area (Å²) in [5.41, 5.74) is 3.51. The van der Waals surface area contributed by atoms with Gasteiger partial charge in [-0.1, -0.05) is 78.4 Å². The number of nitrogens with one attached hydrogen (secondary N) is 1. The van der Waals surface area contributed by atoms with Gasteiger partial charge >= 0.3 is 5.97 Å². The Kier molecular flexibility index (Phi) is 6.58. The fourth-order valence-electron chi connectivity index (χ4n) is 2.81. The van der Waals surface area contributed by atoms with Crippen LogP contribution in [0.5, 0.6) is 0 Å². The molecule has 3 rings (SSSR count). The van der Waals surface area contributed by atoms with Gasteiger partial charge in [0.2, 0.25) is 0 Å². The summed E-state index contributed by atoms with van der Waals surface area (Å²) in [7, 11) is 0. The summed E-state index contributed by atoms with van der Waals surface area (Å²) in [6.45, 7) is 2.18. The molecule has 1 N–H and O–H groups in total. The van der Waals surface area contributed by atoms with Crippen LogP contribution in [0.3, 0.4) is 0 Å². The van der Waals surface area contributed by atoms with E-state index in [2.05, 4.69) is 5.32 Å². The Morgan fingerprint density at radius 3 is 2.07 bits per heavy atom. The number of carbonyl (C=O) groups excluding carboxylic acids is 2. The second kappa shape index (κ2) is 9.51. The second-order valence-electron chi connectivity index (χ2n) is 6.68. The molecule has 142 valence electrons. The van der Waals surface area contributed by atoms with Crippen LogP contribution in [0.15, 0.2) is 84.9 Å². The number of hydrogen-bond donors (Lipinski definition) is 1. The van der Waals surface area contributed by atoms with Crippen molar-refractivity contribution in [3.8, 4) is 0 Å². The monoisotopic (exact) mass is 373 g/mol. The van der Waals surface area contributed by atoms with Gasteiger partial charge in [-0.3, -0.25) is 4.79 Å². The van der Waals surface area contributed by atoms with Crippen molar-refractivity contribution in [2.45, 2.75) is 26.0 Å². The number of aryl methyl sites for hydroxylation is 1. The summed E-state index contributed by atoms with van der Waals surface area (Å²) in [6, 6.07) is 25.5. The molecule has 0 fully saturated rings. The van der Waals surface area contributed by atoms with E-state index in [1.54, 1.807) is 24.3 Å². The van der Waals surface area contributed by atoms with Crippen LogP contribution >= 0.6 is 0 Å². The minimum absolute atomic E-state index is 0.172. The van der Waals surface area contributed by atoms with E-state index in [1.807, 2.05) is 67.6 Å². The van der Waals surface area contributed by atoms with Crippen LogP contribution in [-0.2, 0) is 22.6 Å². The van der Waals surface area contributed by atoms with Crippen molar-refractivity contribution < 1.29 is 14.3 Å². The summed E-state index contributed by atoms with van der Waals surface area (Å²) in [5.74, 6) is -0.748. The third-order valence-corrected chi connectivity index (χ3v) is 4.41. The first-order valence-electron chi connectivity index (χ1n) is 9.24. The minimum Gasteiger partial charge on any atom is -0.459 e. The Bertz CT molecular complexity index is 906. The van der Waals surface area contributed by atoms with Crippen molar-refractivity contribution in [3.63, 3.8) is 0 Å². The molecule has 0 saturated heterocycles. The number of esters is 1. The Labute approximate surface area is 165 Å². The van der Waals surface area contributed by atoms with E-state index >= 15 is 0 Å². The third-order valence-electron chi connectivity index (χ3n) is 4.41. The summed E-state index contributed by atoms with van der Waals surface area (Å²) in [4.78, 5) is 25.3. The quantitative estimate of drug-likeness (QED) is 0.635. The maximum absolute atomic E-state index is 12.7. The van der Waals surface area contributed by atoms with Crippen molar-refractivity contribution in [3.05, 3.63) is 107 Å². The van der Waals surface area contributed by atoms with E-state index in [0.717, 1.165) is 16.7 Å². The van der Waals surface area contributed by atoms with Gasteiger partial charge in [0.1, 0.15) is 12.6 Å². The minimum atomic E-state index is -0.763. The number of ether oxygens (including phenoxy) is 1. The first kappa shape index (κ1) is 19.4. The van der Waals surface area contributed by atoms with Gasteiger partial charge in [-0.05, 0) is 30.2 Å². The standard InChI is InChI=1S/C24H23NO3/c1-18-12-14-20(15-13-18)17-28-24(27)22(16-19-8-4-2-5-9-19)25-23(26)21-10-6-3-7-11-21/h2-15,22H,16-17H2,1H3,(H,25,26)/t22-/m1/s1. The number of carbonyl (C=O) groups is 2. The average molecular weight is 373 g/mol. The Hall–Kier alpha value is -3.40. The highest BCUT2D eigenvalue weighted by molar-refractivity contribution is 5.96. The molecule has 1 amide bonds. The topological polar surface area (TPSA) is 55.4 Å². The van der Waals surface area contributed by atoms with Gasteiger partial charge in [0.25, 0.3) is 5.91 Å². The molecule has 0 saturated carbocycles. The molecule has 4 nitrogen and oxygen atoms in total. The summed E-state index contributed by atoms with van der Waals surface area (Å²) >= 11 is 0. The van der Waals surface area contributed by atoms with Crippen molar-refractivity contribution in [1.82, 2.24) is 5.32 Å². The van der Waals surface area contributed by atoms with Crippen LogP contribution in [0.2, 0.25) is 0 Å². The van der Waals surface area contributed by atoms with Crippen LogP contribution in [0.4, 0.5) is 0 Å². The van der Waals surface area contributed by atoms with Crippen LogP contribution < -0.4 is 5.32 Å². The van der Waals surface area contributed by atoms with Crippen molar-refractivity contribution in [2.75, 3.05) is 0 Å². The molecule has 0 spiro atoms. The zero-order valence-electron chi connectivity index (χ0n) is 15.8. The van der Waals surface area contributed by atoms with Crippen LogP contribution in [0.1, 0.15) is 27.0 Å². The maximum Gasteiger partial charge on any atom is 0.329 e. The lowest BCUT2D eigenvalue weighted by molar-refractivity contribution is -0.147. The maximum atomic E-state index is 12.7. The van der Waals surface area contributed by atoms with Crippen molar-refractivity contribution >= 4 is 11.9 Å². The van der Waals surface area contributed by atoms with Gasteiger partial charge in [0, 0.05) is 12.0 Å². The summed E-state index contributed by atoms with van der Waals surface area (Å²) in [6.07, 6.45) is 0.367. The van der Waals surface area contributed by atoms with E-state index in [4.69, 9.17) is 4.74 Å². The van der Waals surface area contributed by atoms with Crippen molar-refractivity contribution in [1.29, 1.82) is 0 Å². The summed E-state index contributed by atoms with van der Waals surface area (Å²) in [5, 5.41) is 2.81. The molecule has 0 aliphatic rings. The molecule has 0 aliphatic carbocycles. The molecule has 1 atom stereocenters. The fraction of sp³-hybridized carbons (Fsp3) is 0.167. The molecular formula is C24H23NO3. The molecule has 28 heavy (non-hydrogen) atoms. The molecule has 0 radical (unpaired) electrons. The van der Waals surface area contributed by atoms with Crippen molar-refractivity contribution in [2.24, 2.45) is 0 Å². The zero-order valence-corrected chi connectivity index (χ0v) is 15.8. The molecular weight excluding hydrogens is 350 g/mol. The number of hydrogen-bond acceptors (Lipinski definition) is 3. The highest BCUT2D eigenvalue weighted by atomic mass is 16.5. The third kappa shape index (κ3) is 5.55. The van der Waals surface area contributed by atoms with E-state index in [0.29, 0.717) is 12.0 Å². The molecule has 0 aromatic heterocycles. The number of rotatable bonds is 7. The smallest absolute Gasteiger partial charge is 0.329 e. The molecule has 3 aromatic rings. The van der Waals surface area contributed by atoms with E-state index < -0.39 is 12.0 Å². The predicted molar refractivity (Wildman–Crippen MR) is 109 cm³/mol. The van der Waals surface area contributed by atoms with Crippen LogP contribution in [-0.4, -0.2) is 17.9 Å². The number of amides is 1. The fourth-order valence-corrected chi connectivity index (χ4v) is 2.81. The Morgan fingerprint density at radius 1 is 0.821 bits per heavy atom. The first-order valence-corrected chi connectivity index (χ1v) is 9.24. The Morgan fingerprint density at radius 2 is 1.43 bits per heavy atom. The Balaban J connectivity index is 1.70. The molecule has 0 unspecified atom stereocenters. The first-order chi connectivity index (χ1) is 13.6. The van der Waals surface area contributed by atoms with Gasteiger partial charge < -0.3 is 10.1 Å². The van der Waals surface area contributed by atoms with Gasteiger partial charge in [-0.25, -0.2) is 4.79 Å². The lowest BCUT2D eigenvalue weighted by atomic mass is 10.1.